The molecule has 1 atom stereocenters. The highest BCUT2D eigenvalue weighted by molar-refractivity contribution is 5.60. The van der Waals surface area contributed by atoms with Crippen LogP contribution in [0.4, 0.5) is 13.2 Å². The van der Waals surface area contributed by atoms with Crippen LogP contribution in [0.5, 0.6) is 0 Å². The second-order valence-corrected chi connectivity index (χ2v) is 6.30. The maximum Gasteiger partial charge on any atom is 0.416 e. The Balaban J connectivity index is 1.87. The summed E-state index contributed by atoms with van der Waals surface area (Å²) in [7, 11) is 1.83. The topological polar surface area (TPSA) is 39.1 Å². The Morgan fingerprint density at radius 1 is 1.24 bits per heavy atom. The second kappa shape index (κ2) is 7.58. The van der Waals surface area contributed by atoms with E-state index in [1.54, 1.807) is 0 Å². The van der Waals surface area contributed by atoms with Crippen LogP contribution in [0.15, 0.2) is 30.3 Å². The smallest absolute Gasteiger partial charge is 0.376 e. The molecule has 0 aliphatic carbocycles. The van der Waals surface area contributed by atoms with Gasteiger partial charge in [0, 0.05) is 13.2 Å². The SMILES string of the molecule is CNCc1cc(-c2ccc(C(F)(F)F)cc2)n(CC2CCCCO2)n1. The van der Waals surface area contributed by atoms with E-state index in [0.29, 0.717) is 13.1 Å². The molecule has 4 nitrogen and oxygen atoms in total. The third-order valence-corrected chi connectivity index (χ3v) is 4.35. The van der Waals surface area contributed by atoms with E-state index in [2.05, 4.69) is 10.4 Å². The largest absolute Gasteiger partial charge is 0.416 e. The van der Waals surface area contributed by atoms with Gasteiger partial charge in [-0.25, -0.2) is 0 Å². The van der Waals surface area contributed by atoms with E-state index >= 15 is 0 Å². The van der Waals surface area contributed by atoms with Crippen molar-refractivity contribution in [2.45, 2.75) is 44.6 Å². The summed E-state index contributed by atoms with van der Waals surface area (Å²) < 4.78 is 46.0. The Labute approximate surface area is 145 Å². The van der Waals surface area contributed by atoms with Gasteiger partial charge in [-0.1, -0.05) is 12.1 Å². The molecule has 0 amide bonds. The second-order valence-electron chi connectivity index (χ2n) is 6.30. The fourth-order valence-corrected chi connectivity index (χ4v) is 3.08. The predicted molar refractivity (Wildman–Crippen MR) is 89.0 cm³/mol. The highest BCUT2D eigenvalue weighted by Gasteiger charge is 2.30. The lowest BCUT2D eigenvalue weighted by Crippen LogP contribution is -2.25. The maximum atomic E-state index is 12.8. The van der Waals surface area contributed by atoms with Gasteiger partial charge in [0.2, 0.25) is 0 Å². The fraction of sp³-hybridized carbons (Fsp3) is 0.500. The molecule has 0 saturated carbocycles. The maximum absolute atomic E-state index is 12.8. The zero-order chi connectivity index (χ0) is 17.9. The first-order valence-electron chi connectivity index (χ1n) is 8.48. The molecule has 1 N–H and O–H groups in total. The minimum atomic E-state index is -4.33. The summed E-state index contributed by atoms with van der Waals surface area (Å²) in [6, 6.07) is 7.15. The van der Waals surface area contributed by atoms with Crippen LogP contribution >= 0.6 is 0 Å². The molecule has 1 aliphatic rings. The molecular formula is C18H22F3N3O. The van der Waals surface area contributed by atoms with Gasteiger partial charge in [0.1, 0.15) is 0 Å². The van der Waals surface area contributed by atoms with Crippen molar-refractivity contribution in [2.75, 3.05) is 13.7 Å². The van der Waals surface area contributed by atoms with Crippen molar-refractivity contribution >= 4 is 0 Å². The predicted octanol–water partition coefficient (Wildman–Crippen LogP) is 3.86. The molecule has 1 fully saturated rings. The lowest BCUT2D eigenvalue weighted by atomic mass is 10.1. The summed E-state index contributed by atoms with van der Waals surface area (Å²) in [6.07, 6.45) is -1.04. The number of aromatic nitrogens is 2. The minimum absolute atomic E-state index is 0.101. The lowest BCUT2D eigenvalue weighted by Gasteiger charge is -2.23. The van der Waals surface area contributed by atoms with Crippen LogP contribution in [-0.4, -0.2) is 29.5 Å². The third kappa shape index (κ3) is 4.41. The van der Waals surface area contributed by atoms with Crippen LogP contribution < -0.4 is 5.32 Å². The number of hydrogen-bond acceptors (Lipinski definition) is 3. The number of halogens is 3. The van der Waals surface area contributed by atoms with Crippen molar-refractivity contribution in [3.8, 4) is 11.3 Å². The summed E-state index contributed by atoms with van der Waals surface area (Å²) in [5, 5.41) is 7.65. The van der Waals surface area contributed by atoms with Gasteiger partial charge < -0.3 is 10.1 Å². The van der Waals surface area contributed by atoms with E-state index in [1.807, 2.05) is 17.8 Å². The Bertz CT molecular complexity index is 689. The van der Waals surface area contributed by atoms with E-state index in [9.17, 15) is 13.2 Å². The lowest BCUT2D eigenvalue weighted by molar-refractivity contribution is -0.137. The molecule has 1 aromatic carbocycles. The van der Waals surface area contributed by atoms with Gasteiger partial charge in [-0.15, -0.1) is 0 Å². The number of nitrogens with zero attached hydrogens (tertiary/aromatic N) is 2. The third-order valence-electron chi connectivity index (χ3n) is 4.35. The summed E-state index contributed by atoms with van der Waals surface area (Å²) in [5.41, 5.74) is 1.74. The van der Waals surface area contributed by atoms with Crippen LogP contribution in [0.3, 0.4) is 0 Å². The molecule has 0 bridgehead atoms. The number of benzene rings is 1. The van der Waals surface area contributed by atoms with Gasteiger partial charge >= 0.3 is 6.18 Å². The van der Waals surface area contributed by atoms with Crippen molar-refractivity contribution in [1.29, 1.82) is 0 Å². The summed E-state index contributed by atoms with van der Waals surface area (Å²) in [4.78, 5) is 0. The molecule has 7 heteroatoms. The van der Waals surface area contributed by atoms with Gasteiger partial charge in [0.05, 0.1) is 29.6 Å². The van der Waals surface area contributed by atoms with E-state index in [0.717, 1.165) is 55.0 Å². The first-order valence-corrected chi connectivity index (χ1v) is 8.48. The van der Waals surface area contributed by atoms with Gasteiger partial charge in [-0.05, 0) is 50.1 Å². The molecular weight excluding hydrogens is 331 g/mol. The van der Waals surface area contributed by atoms with Crippen LogP contribution in [0.25, 0.3) is 11.3 Å². The quantitative estimate of drug-likeness (QED) is 0.887. The monoisotopic (exact) mass is 353 g/mol. The Hall–Kier alpha value is -1.86. The van der Waals surface area contributed by atoms with Gasteiger partial charge in [-0.3, -0.25) is 4.68 Å². The highest BCUT2D eigenvalue weighted by atomic mass is 19.4. The van der Waals surface area contributed by atoms with Crippen molar-refractivity contribution < 1.29 is 17.9 Å². The number of ether oxygens (including phenoxy) is 1. The molecule has 0 radical (unpaired) electrons. The molecule has 3 rings (SSSR count). The van der Waals surface area contributed by atoms with E-state index < -0.39 is 11.7 Å². The Morgan fingerprint density at radius 2 is 2.00 bits per heavy atom. The van der Waals surface area contributed by atoms with Crippen LogP contribution in [0, 0.1) is 0 Å². The number of hydrogen-bond donors (Lipinski definition) is 1. The Kier molecular flexibility index (Phi) is 5.44. The van der Waals surface area contributed by atoms with Gasteiger partial charge in [-0.2, -0.15) is 18.3 Å². The molecule has 136 valence electrons. The number of rotatable bonds is 5. The molecule has 2 heterocycles. The van der Waals surface area contributed by atoms with Crippen molar-refractivity contribution in [3.63, 3.8) is 0 Å². The van der Waals surface area contributed by atoms with Crippen molar-refractivity contribution in [1.82, 2.24) is 15.1 Å². The summed E-state index contributed by atoms with van der Waals surface area (Å²) in [5.74, 6) is 0. The summed E-state index contributed by atoms with van der Waals surface area (Å²) >= 11 is 0. The molecule has 0 spiro atoms. The summed E-state index contributed by atoms with van der Waals surface area (Å²) in [6.45, 7) is 1.97. The zero-order valence-corrected chi connectivity index (χ0v) is 14.1. The minimum Gasteiger partial charge on any atom is -0.376 e. The molecule has 25 heavy (non-hydrogen) atoms. The molecule has 1 aliphatic heterocycles. The van der Waals surface area contributed by atoms with Crippen LogP contribution in [0.2, 0.25) is 0 Å². The molecule has 1 unspecified atom stereocenters. The van der Waals surface area contributed by atoms with Gasteiger partial charge in [0.15, 0.2) is 0 Å². The molecule has 1 saturated heterocycles. The van der Waals surface area contributed by atoms with Crippen LogP contribution in [-0.2, 0) is 24.0 Å². The standard InChI is InChI=1S/C18H22F3N3O/c1-22-11-15-10-17(13-5-7-14(8-6-13)18(19,20)21)24(23-15)12-16-4-2-3-9-25-16/h5-8,10,16,22H,2-4,9,11-12H2,1H3. The van der Waals surface area contributed by atoms with E-state index in [-0.39, 0.29) is 6.10 Å². The van der Waals surface area contributed by atoms with Gasteiger partial charge in [0.25, 0.3) is 0 Å². The molecule has 2 aromatic rings. The first-order chi connectivity index (χ1) is 12.0. The molecule has 1 aromatic heterocycles. The average molecular weight is 353 g/mol. The first kappa shape index (κ1) is 17.9. The van der Waals surface area contributed by atoms with Crippen molar-refractivity contribution in [2.24, 2.45) is 0 Å². The fourth-order valence-electron chi connectivity index (χ4n) is 3.08. The van der Waals surface area contributed by atoms with E-state index in [4.69, 9.17) is 4.74 Å². The number of nitrogens with one attached hydrogen (secondary N) is 1. The average Bonchev–Trinajstić information content (AvgIpc) is 2.98. The number of alkyl halides is 3. The van der Waals surface area contributed by atoms with E-state index in [1.165, 1.54) is 12.1 Å². The van der Waals surface area contributed by atoms with Crippen LogP contribution in [0.1, 0.15) is 30.5 Å². The normalized spacial score (nSPS) is 18.5. The highest BCUT2D eigenvalue weighted by Crippen LogP contribution is 2.31. The zero-order valence-electron chi connectivity index (χ0n) is 14.1. The Morgan fingerprint density at radius 3 is 2.60 bits per heavy atom. The van der Waals surface area contributed by atoms with Crippen molar-refractivity contribution in [3.05, 3.63) is 41.6 Å².